The Bertz CT molecular complexity index is 220. The molecule has 0 fully saturated rings. The highest BCUT2D eigenvalue weighted by atomic mass is 79.9. The predicted octanol–water partition coefficient (Wildman–Crippen LogP) is 10.5. The fourth-order valence-corrected chi connectivity index (χ4v) is 4.50. The molecule has 0 aromatic carbocycles. The van der Waals surface area contributed by atoms with E-state index in [9.17, 15) is 0 Å². The minimum Gasteiger partial charge on any atom is -0.344 e. The van der Waals surface area contributed by atoms with Crippen molar-refractivity contribution >= 4 is 15.9 Å². The van der Waals surface area contributed by atoms with Crippen LogP contribution in [0.5, 0.6) is 0 Å². The summed E-state index contributed by atoms with van der Waals surface area (Å²) < 4.78 is 0. The molecule has 0 rings (SSSR count). The Morgan fingerprint density at radius 2 is 0.630 bits per heavy atom. The Morgan fingerprint density at radius 1 is 0.407 bits per heavy atom. The molecule has 0 unspecified atom stereocenters. The molecule has 0 heterocycles. The van der Waals surface area contributed by atoms with Crippen molar-refractivity contribution in [3.8, 4) is 0 Å². The number of hydrogen-bond donors (Lipinski definition) is 1. The standard InChI is InChI=1S/C25H51Br.H3N/c1-3-5-7-9-11-13-15-17-19-21-23-25(26)24-22-20-18-16-14-12-10-8-6-4-2;/h25H,3-24H2,1-2H3;1H3. The van der Waals surface area contributed by atoms with E-state index in [1.165, 1.54) is 141 Å². The zero-order chi connectivity index (χ0) is 19.1. The van der Waals surface area contributed by atoms with Gasteiger partial charge in [0.15, 0.2) is 0 Å². The van der Waals surface area contributed by atoms with Crippen molar-refractivity contribution in [2.45, 2.75) is 160 Å². The van der Waals surface area contributed by atoms with Crippen LogP contribution < -0.4 is 6.15 Å². The Labute approximate surface area is 182 Å². The molecule has 166 valence electrons. The molecule has 0 aliphatic carbocycles. The van der Waals surface area contributed by atoms with E-state index < -0.39 is 0 Å². The zero-order valence-electron chi connectivity index (χ0n) is 19.2. The van der Waals surface area contributed by atoms with Crippen LogP contribution in [0.15, 0.2) is 0 Å². The van der Waals surface area contributed by atoms with E-state index in [-0.39, 0.29) is 6.15 Å². The van der Waals surface area contributed by atoms with Crippen molar-refractivity contribution < 1.29 is 0 Å². The highest BCUT2D eigenvalue weighted by molar-refractivity contribution is 9.09. The van der Waals surface area contributed by atoms with Crippen molar-refractivity contribution in [2.24, 2.45) is 0 Å². The van der Waals surface area contributed by atoms with Gasteiger partial charge >= 0.3 is 0 Å². The molecule has 0 spiro atoms. The minimum absolute atomic E-state index is 0. The van der Waals surface area contributed by atoms with Crippen LogP contribution in [0, 0.1) is 0 Å². The fraction of sp³-hybridized carbons (Fsp3) is 1.00. The molecule has 0 aromatic rings. The molecule has 1 nitrogen and oxygen atoms in total. The molecule has 27 heavy (non-hydrogen) atoms. The zero-order valence-corrected chi connectivity index (χ0v) is 20.8. The third kappa shape index (κ3) is 26.4. The summed E-state index contributed by atoms with van der Waals surface area (Å²) in [6, 6.07) is 0. The molecule has 0 aliphatic rings. The third-order valence-corrected chi connectivity index (χ3v) is 6.66. The van der Waals surface area contributed by atoms with Crippen LogP contribution in [0.4, 0.5) is 0 Å². The second-order valence-electron chi connectivity index (χ2n) is 8.54. The number of unbranched alkanes of at least 4 members (excludes halogenated alkanes) is 18. The lowest BCUT2D eigenvalue weighted by Gasteiger charge is -2.09. The van der Waals surface area contributed by atoms with Gasteiger partial charge in [-0.3, -0.25) is 0 Å². The Hall–Kier alpha value is 0.440. The van der Waals surface area contributed by atoms with Crippen LogP contribution >= 0.6 is 15.9 Å². The number of rotatable bonds is 22. The van der Waals surface area contributed by atoms with Crippen molar-refractivity contribution in [1.82, 2.24) is 6.15 Å². The van der Waals surface area contributed by atoms with Gasteiger partial charge in [0.25, 0.3) is 0 Å². The number of hydrogen-bond acceptors (Lipinski definition) is 1. The molecule has 0 saturated heterocycles. The van der Waals surface area contributed by atoms with Crippen molar-refractivity contribution in [3.05, 3.63) is 0 Å². The maximum absolute atomic E-state index is 3.91. The normalized spacial score (nSPS) is 11.1. The van der Waals surface area contributed by atoms with Crippen LogP contribution in [0.3, 0.4) is 0 Å². The van der Waals surface area contributed by atoms with Crippen LogP contribution in [0.2, 0.25) is 0 Å². The van der Waals surface area contributed by atoms with E-state index in [2.05, 4.69) is 29.8 Å². The van der Waals surface area contributed by atoms with E-state index >= 15 is 0 Å². The van der Waals surface area contributed by atoms with Gasteiger partial charge < -0.3 is 6.15 Å². The molecule has 0 aromatic heterocycles. The molecule has 0 atom stereocenters. The van der Waals surface area contributed by atoms with Gasteiger partial charge in [0.1, 0.15) is 0 Å². The third-order valence-electron chi connectivity index (χ3n) is 5.74. The maximum atomic E-state index is 3.91. The lowest BCUT2D eigenvalue weighted by atomic mass is 10.0. The average molecular weight is 449 g/mol. The van der Waals surface area contributed by atoms with Crippen molar-refractivity contribution in [2.75, 3.05) is 0 Å². The van der Waals surface area contributed by atoms with Crippen LogP contribution in [0.25, 0.3) is 0 Å². The SMILES string of the molecule is CCCCCCCCCCCCC(Br)CCCCCCCCCCCC.N. The monoisotopic (exact) mass is 447 g/mol. The topological polar surface area (TPSA) is 35.0 Å². The average Bonchev–Trinajstić information content (AvgIpc) is 2.64. The van der Waals surface area contributed by atoms with Gasteiger partial charge in [-0.1, -0.05) is 158 Å². The summed E-state index contributed by atoms with van der Waals surface area (Å²) in [6.45, 7) is 4.60. The summed E-state index contributed by atoms with van der Waals surface area (Å²) in [6.07, 6.45) is 31.8. The Balaban J connectivity index is 0. The summed E-state index contributed by atoms with van der Waals surface area (Å²) in [4.78, 5) is 0.783. The fourth-order valence-electron chi connectivity index (χ4n) is 3.85. The van der Waals surface area contributed by atoms with Gasteiger partial charge in [-0.15, -0.1) is 0 Å². The first-order valence-corrected chi connectivity index (χ1v) is 13.4. The first-order valence-electron chi connectivity index (χ1n) is 12.4. The second-order valence-corrected chi connectivity index (χ2v) is 9.83. The van der Waals surface area contributed by atoms with Gasteiger partial charge in [0, 0.05) is 4.83 Å². The van der Waals surface area contributed by atoms with Gasteiger partial charge in [-0.2, -0.15) is 0 Å². The number of halogens is 1. The smallest absolute Gasteiger partial charge is 0.0145 e. The molecule has 0 radical (unpaired) electrons. The maximum Gasteiger partial charge on any atom is 0.0145 e. The second kappa shape index (κ2) is 26.4. The van der Waals surface area contributed by atoms with E-state index in [1.807, 2.05) is 0 Å². The number of alkyl halides is 1. The molecular formula is C25H54BrN. The summed E-state index contributed by atoms with van der Waals surface area (Å²) >= 11 is 3.91. The summed E-state index contributed by atoms with van der Waals surface area (Å²) in [5, 5.41) is 0. The van der Waals surface area contributed by atoms with Gasteiger partial charge in [-0.25, -0.2) is 0 Å². The molecule has 2 heteroatoms. The van der Waals surface area contributed by atoms with E-state index in [1.54, 1.807) is 0 Å². The van der Waals surface area contributed by atoms with Gasteiger partial charge in [0.05, 0.1) is 0 Å². The highest BCUT2D eigenvalue weighted by Crippen LogP contribution is 2.20. The van der Waals surface area contributed by atoms with Crippen LogP contribution in [0.1, 0.15) is 155 Å². The molecular weight excluding hydrogens is 394 g/mol. The van der Waals surface area contributed by atoms with E-state index in [0.29, 0.717) is 0 Å². The highest BCUT2D eigenvalue weighted by Gasteiger charge is 2.03. The summed E-state index contributed by atoms with van der Waals surface area (Å²) in [5.41, 5.74) is 0. The van der Waals surface area contributed by atoms with Crippen molar-refractivity contribution in [1.29, 1.82) is 0 Å². The molecule has 0 saturated carbocycles. The lowest BCUT2D eigenvalue weighted by molar-refractivity contribution is 0.526. The Kier molecular flexibility index (Phi) is 29.0. The van der Waals surface area contributed by atoms with Crippen molar-refractivity contribution in [3.63, 3.8) is 0 Å². The molecule has 3 N–H and O–H groups in total. The molecule has 0 aliphatic heterocycles. The van der Waals surface area contributed by atoms with E-state index in [4.69, 9.17) is 0 Å². The van der Waals surface area contributed by atoms with Gasteiger partial charge in [0.2, 0.25) is 0 Å². The van der Waals surface area contributed by atoms with Gasteiger partial charge in [-0.05, 0) is 12.8 Å². The quantitative estimate of drug-likeness (QED) is 0.130. The minimum atomic E-state index is 0. The predicted molar refractivity (Wildman–Crippen MR) is 131 cm³/mol. The lowest BCUT2D eigenvalue weighted by Crippen LogP contribution is -1.97. The largest absolute Gasteiger partial charge is 0.344 e. The Morgan fingerprint density at radius 3 is 0.889 bits per heavy atom. The first kappa shape index (κ1) is 29.6. The summed E-state index contributed by atoms with van der Waals surface area (Å²) in [5.74, 6) is 0. The van der Waals surface area contributed by atoms with Crippen LogP contribution in [-0.2, 0) is 0 Å². The molecule has 0 amide bonds. The first-order chi connectivity index (χ1) is 12.8. The van der Waals surface area contributed by atoms with Crippen LogP contribution in [-0.4, -0.2) is 4.83 Å². The molecule has 0 bridgehead atoms. The van der Waals surface area contributed by atoms with E-state index in [0.717, 1.165) is 4.83 Å². The summed E-state index contributed by atoms with van der Waals surface area (Å²) in [7, 11) is 0.